The lowest BCUT2D eigenvalue weighted by atomic mass is 10.0. The van der Waals surface area contributed by atoms with Gasteiger partial charge in [-0.25, -0.2) is 4.79 Å². The summed E-state index contributed by atoms with van der Waals surface area (Å²) < 4.78 is 5.05. The molecule has 0 bridgehead atoms. The number of rotatable bonds is 8. The van der Waals surface area contributed by atoms with Crippen LogP contribution in [0.3, 0.4) is 0 Å². The first-order valence-corrected chi connectivity index (χ1v) is 8.19. The Bertz CT molecular complexity index is 536. The molecule has 0 spiro atoms. The maximum absolute atomic E-state index is 11.7. The zero-order valence-electron chi connectivity index (χ0n) is 14.0. The SMILES string of the molecule is C=CCC[C@@]1(N)[C@@H](COC(=O)ON2C(=O)CCC2=O)[C@@]1(N)CCC. The molecule has 1 aliphatic heterocycles. The summed E-state index contributed by atoms with van der Waals surface area (Å²) in [5.41, 5.74) is 11.6. The minimum absolute atomic E-state index is 0.0147. The molecule has 2 rings (SSSR count). The standard InChI is InChI=1S/C16H25N3O5/c1-3-5-9-16(18)11(15(16,17)8-4-2)10-23-14(22)24-19-12(20)6-7-13(19)21/h3,11H,1,4-10,17-18H2,2H3/t11-,15-,16+/m0/s1. The summed E-state index contributed by atoms with van der Waals surface area (Å²) in [6.45, 7) is 5.68. The number of hydroxylamine groups is 2. The molecule has 0 aromatic rings. The van der Waals surface area contributed by atoms with Crippen LogP contribution in [-0.4, -0.2) is 40.7 Å². The molecule has 2 amide bonds. The molecule has 0 aromatic carbocycles. The van der Waals surface area contributed by atoms with E-state index in [1.807, 2.05) is 6.92 Å². The molecule has 1 saturated carbocycles. The molecule has 1 heterocycles. The van der Waals surface area contributed by atoms with E-state index < -0.39 is 29.0 Å². The van der Waals surface area contributed by atoms with Crippen LogP contribution < -0.4 is 11.5 Å². The van der Waals surface area contributed by atoms with Crippen molar-refractivity contribution in [1.29, 1.82) is 0 Å². The topological polar surface area (TPSA) is 125 Å². The number of hydrogen-bond donors (Lipinski definition) is 2. The van der Waals surface area contributed by atoms with Gasteiger partial charge in [0.2, 0.25) is 0 Å². The van der Waals surface area contributed by atoms with Gasteiger partial charge in [-0.1, -0.05) is 24.5 Å². The lowest BCUT2D eigenvalue weighted by Crippen LogP contribution is -2.41. The summed E-state index contributed by atoms with van der Waals surface area (Å²) >= 11 is 0. The third kappa shape index (κ3) is 3.16. The van der Waals surface area contributed by atoms with Crippen LogP contribution in [0.25, 0.3) is 0 Å². The fourth-order valence-corrected chi connectivity index (χ4v) is 3.52. The first-order chi connectivity index (χ1) is 11.3. The van der Waals surface area contributed by atoms with E-state index in [-0.39, 0.29) is 25.4 Å². The molecule has 2 fully saturated rings. The van der Waals surface area contributed by atoms with Gasteiger partial charge >= 0.3 is 6.16 Å². The Kier molecular flexibility index (Phi) is 5.29. The fourth-order valence-electron chi connectivity index (χ4n) is 3.52. The minimum atomic E-state index is -1.10. The number of carbonyl (C=O) groups is 3. The van der Waals surface area contributed by atoms with Crippen molar-refractivity contribution in [3.05, 3.63) is 12.7 Å². The van der Waals surface area contributed by atoms with E-state index in [1.165, 1.54) is 0 Å². The molecule has 1 saturated heterocycles. The van der Waals surface area contributed by atoms with Crippen molar-refractivity contribution in [3.63, 3.8) is 0 Å². The fraction of sp³-hybridized carbons (Fsp3) is 0.688. The zero-order valence-corrected chi connectivity index (χ0v) is 14.0. The van der Waals surface area contributed by atoms with Gasteiger partial charge in [0.1, 0.15) is 6.61 Å². The lowest BCUT2D eigenvalue weighted by Gasteiger charge is -2.16. The van der Waals surface area contributed by atoms with Crippen molar-refractivity contribution in [2.45, 2.75) is 56.5 Å². The van der Waals surface area contributed by atoms with Crippen molar-refractivity contribution < 1.29 is 24.0 Å². The monoisotopic (exact) mass is 339 g/mol. The molecule has 0 aromatic heterocycles. The number of nitrogens with zero attached hydrogens (tertiary/aromatic N) is 1. The molecule has 134 valence electrons. The van der Waals surface area contributed by atoms with Gasteiger partial charge < -0.3 is 16.2 Å². The van der Waals surface area contributed by atoms with Crippen LogP contribution in [-0.2, 0) is 19.2 Å². The van der Waals surface area contributed by atoms with E-state index in [0.717, 1.165) is 12.8 Å². The number of nitrogens with two attached hydrogens (primary N) is 2. The van der Waals surface area contributed by atoms with Gasteiger partial charge in [0.15, 0.2) is 0 Å². The van der Waals surface area contributed by atoms with Crippen molar-refractivity contribution >= 4 is 18.0 Å². The second-order valence-corrected chi connectivity index (χ2v) is 6.44. The summed E-state index contributed by atoms with van der Waals surface area (Å²) in [4.78, 5) is 39.2. The average Bonchev–Trinajstić information content (AvgIpc) is 2.80. The van der Waals surface area contributed by atoms with E-state index in [4.69, 9.17) is 16.2 Å². The average molecular weight is 339 g/mol. The molecule has 0 radical (unpaired) electrons. The highest BCUT2D eigenvalue weighted by molar-refractivity contribution is 6.01. The Morgan fingerprint density at radius 2 is 1.88 bits per heavy atom. The van der Waals surface area contributed by atoms with Crippen LogP contribution in [0.1, 0.15) is 45.4 Å². The summed E-state index contributed by atoms with van der Waals surface area (Å²) in [6.07, 6.45) is 3.69. The molecule has 8 nitrogen and oxygen atoms in total. The zero-order chi connectivity index (χ0) is 18.0. The van der Waals surface area contributed by atoms with Crippen LogP contribution in [0.15, 0.2) is 12.7 Å². The molecule has 24 heavy (non-hydrogen) atoms. The van der Waals surface area contributed by atoms with E-state index >= 15 is 0 Å². The number of ether oxygens (including phenoxy) is 1. The van der Waals surface area contributed by atoms with Gasteiger partial charge in [-0.3, -0.25) is 14.4 Å². The van der Waals surface area contributed by atoms with Gasteiger partial charge in [-0.2, -0.15) is 0 Å². The summed E-state index contributed by atoms with van der Waals surface area (Å²) in [7, 11) is 0. The Balaban J connectivity index is 1.90. The number of imide groups is 1. The van der Waals surface area contributed by atoms with Gasteiger partial charge in [0.05, 0.1) is 0 Å². The summed E-state index contributed by atoms with van der Waals surface area (Å²) in [5, 5.41) is 0.449. The van der Waals surface area contributed by atoms with Crippen LogP contribution >= 0.6 is 0 Å². The Labute approximate surface area is 141 Å². The molecule has 4 N–H and O–H groups in total. The molecule has 3 atom stereocenters. The van der Waals surface area contributed by atoms with Gasteiger partial charge in [-0.05, 0) is 19.3 Å². The summed E-state index contributed by atoms with van der Waals surface area (Å²) in [5.74, 6) is -1.31. The smallest absolute Gasteiger partial charge is 0.432 e. The maximum atomic E-state index is 11.7. The predicted octanol–water partition coefficient (Wildman–Crippen LogP) is 0.995. The molecule has 2 aliphatic rings. The Morgan fingerprint density at radius 3 is 2.42 bits per heavy atom. The molecule has 8 heteroatoms. The van der Waals surface area contributed by atoms with E-state index in [0.29, 0.717) is 17.9 Å². The quantitative estimate of drug-likeness (QED) is 0.384. The highest BCUT2D eigenvalue weighted by atomic mass is 16.8. The Morgan fingerprint density at radius 1 is 1.29 bits per heavy atom. The van der Waals surface area contributed by atoms with E-state index in [9.17, 15) is 14.4 Å². The second kappa shape index (κ2) is 6.90. The van der Waals surface area contributed by atoms with Crippen molar-refractivity contribution in [2.75, 3.05) is 6.61 Å². The highest BCUT2D eigenvalue weighted by Gasteiger charge is 2.71. The predicted molar refractivity (Wildman–Crippen MR) is 85.2 cm³/mol. The lowest BCUT2D eigenvalue weighted by molar-refractivity contribution is -0.177. The van der Waals surface area contributed by atoms with Crippen molar-refractivity contribution in [3.8, 4) is 0 Å². The van der Waals surface area contributed by atoms with Crippen LogP contribution in [0, 0.1) is 5.92 Å². The van der Waals surface area contributed by atoms with E-state index in [2.05, 4.69) is 11.4 Å². The largest absolute Gasteiger partial charge is 0.533 e. The summed E-state index contributed by atoms with van der Waals surface area (Å²) in [6, 6.07) is 0. The number of amides is 2. The molecular formula is C16H25N3O5. The van der Waals surface area contributed by atoms with Crippen molar-refractivity contribution in [1.82, 2.24) is 5.06 Å². The number of hydrogen-bond acceptors (Lipinski definition) is 7. The van der Waals surface area contributed by atoms with Crippen LogP contribution in [0.2, 0.25) is 0 Å². The third-order valence-electron chi connectivity index (χ3n) is 4.99. The van der Waals surface area contributed by atoms with Gasteiger partial charge in [0.25, 0.3) is 11.8 Å². The number of allylic oxidation sites excluding steroid dienone is 1. The molecular weight excluding hydrogens is 314 g/mol. The molecule has 0 unspecified atom stereocenters. The number of carbonyl (C=O) groups excluding carboxylic acids is 3. The van der Waals surface area contributed by atoms with Crippen LogP contribution in [0.4, 0.5) is 4.79 Å². The minimum Gasteiger partial charge on any atom is -0.432 e. The first kappa shape index (κ1) is 18.4. The first-order valence-electron chi connectivity index (χ1n) is 8.19. The second-order valence-electron chi connectivity index (χ2n) is 6.44. The van der Waals surface area contributed by atoms with Crippen molar-refractivity contribution in [2.24, 2.45) is 17.4 Å². The molecule has 1 aliphatic carbocycles. The maximum Gasteiger partial charge on any atom is 0.533 e. The van der Waals surface area contributed by atoms with Gasteiger partial charge in [-0.15, -0.1) is 6.58 Å². The normalized spacial score (nSPS) is 32.0. The van der Waals surface area contributed by atoms with Gasteiger partial charge in [0, 0.05) is 29.8 Å². The van der Waals surface area contributed by atoms with Crippen LogP contribution in [0.5, 0.6) is 0 Å². The Hall–Kier alpha value is -1.93. The highest BCUT2D eigenvalue weighted by Crippen LogP contribution is 2.56. The van der Waals surface area contributed by atoms with E-state index in [1.54, 1.807) is 6.08 Å². The third-order valence-corrected chi connectivity index (χ3v) is 4.99.